The van der Waals surface area contributed by atoms with Crippen LogP contribution in [0, 0.1) is 0 Å². The van der Waals surface area contributed by atoms with Gasteiger partial charge in [0, 0.05) is 13.7 Å². The highest BCUT2D eigenvalue weighted by molar-refractivity contribution is 5.42. The van der Waals surface area contributed by atoms with E-state index in [0.29, 0.717) is 6.10 Å². The van der Waals surface area contributed by atoms with Gasteiger partial charge in [-0.3, -0.25) is 4.79 Å². The quantitative estimate of drug-likeness (QED) is 0.510. The van der Waals surface area contributed by atoms with Crippen LogP contribution in [0.3, 0.4) is 0 Å². The van der Waals surface area contributed by atoms with Crippen molar-refractivity contribution >= 4 is 6.41 Å². The Hall–Kier alpha value is -0.610. The van der Waals surface area contributed by atoms with E-state index in [-0.39, 0.29) is 6.41 Å². The first-order chi connectivity index (χ1) is 4.85. The second kappa shape index (κ2) is 6.51. The highest BCUT2D eigenvalue weighted by Crippen LogP contribution is 2.05. The normalized spacial score (nSPS) is 23.1. The van der Waals surface area contributed by atoms with E-state index in [9.17, 15) is 0 Å². The molecule has 4 heteroatoms. The number of carbonyl (C=O) groups is 1. The SMILES string of the molecule is COC1CCOC1.NC=O. The molecule has 0 aromatic carbocycles. The molecule has 0 spiro atoms. The molecule has 10 heavy (non-hydrogen) atoms. The lowest BCUT2D eigenvalue weighted by Gasteiger charge is -2.00. The molecule has 0 aromatic heterocycles. The van der Waals surface area contributed by atoms with Gasteiger partial charge in [0.25, 0.3) is 0 Å². The summed E-state index contributed by atoms with van der Waals surface area (Å²) in [6, 6.07) is 0. The first-order valence-electron chi connectivity index (χ1n) is 3.11. The van der Waals surface area contributed by atoms with Gasteiger partial charge >= 0.3 is 0 Å². The van der Waals surface area contributed by atoms with E-state index < -0.39 is 0 Å². The maximum atomic E-state index is 8.58. The Morgan fingerprint density at radius 2 is 2.40 bits per heavy atom. The predicted octanol–water partition coefficient (Wildman–Crippen LogP) is -0.477. The topological polar surface area (TPSA) is 61.6 Å². The smallest absolute Gasteiger partial charge is 0.204 e. The van der Waals surface area contributed by atoms with Gasteiger partial charge < -0.3 is 15.2 Å². The molecule has 2 N–H and O–H groups in total. The van der Waals surface area contributed by atoms with E-state index in [1.54, 1.807) is 7.11 Å². The van der Waals surface area contributed by atoms with Crippen molar-refractivity contribution in [3.05, 3.63) is 0 Å². The Labute approximate surface area is 60.3 Å². The van der Waals surface area contributed by atoms with Crippen molar-refractivity contribution in [2.75, 3.05) is 20.3 Å². The van der Waals surface area contributed by atoms with Crippen LogP contribution < -0.4 is 5.73 Å². The molecular formula is C6H13NO3. The summed E-state index contributed by atoms with van der Waals surface area (Å²) >= 11 is 0. The van der Waals surface area contributed by atoms with Crippen molar-refractivity contribution < 1.29 is 14.3 Å². The van der Waals surface area contributed by atoms with Crippen molar-refractivity contribution in [3.63, 3.8) is 0 Å². The Morgan fingerprint density at radius 3 is 2.60 bits per heavy atom. The van der Waals surface area contributed by atoms with Crippen molar-refractivity contribution in [1.29, 1.82) is 0 Å². The summed E-state index contributed by atoms with van der Waals surface area (Å²) in [5.41, 5.74) is 4.17. The summed E-state index contributed by atoms with van der Waals surface area (Å²) in [7, 11) is 1.72. The number of amides is 1. The van der Waals surface area contributed by atoms with Crippen molar-refractivity contribution in [2.24, 2.45) is 5.73 Å². The third-order valence-electron chi connectivity index (χ3n) is 1.22. The maximum absolute atomic E-state index is 8.58. The molecular weight excluding hydrogens is 134 g/mol. The molecule has 1 heterocycles. The molecule has 1 fully saturated rings. The molecule has 1 amide bonds. The standard InChI is InChI=1S/C5H10O2.CH3NO/c1-6-5-2-3-7-4-5;2-1-3/h5H,2-4H2,1H3;1H,(H2,2,3). The molecule has 0 aromatic rings. The second-order valence-electron chi connectivity index (χ2n) is 1.86. The largest absolute Gasteiger partial charge is 0.379 e. The molecule has 1 unspecified atom stereocenters. The Kier molecular flexibility index (Phi) is 6.11. The van der Waals surface area contributed by atoms with Crippen LogP contribution in [-0.4, -0.2) is 32.8 Å². The molecule has 1 aliphatic rings. The fraction of sp³-hybridized carbons (Fsp3) is 0.833. The highest BCUT2D eigenvalue weighted by Gasteiger charge is 2.12. The number of carbonyl (C=O) groups excluding carboxylic acids is 1. The van der Waals surface area contributed by atoms with Crippen molar-refractivity contribution in [2.45, 2.75) is 12.5 Å². The van der Waals surface area contributed by atoms with Crippen molar-refractivity contribution in [3.8, 4) is 0 Å². The predicted molar refractivity (Wildman–Crippen MR) is 36.5 cm³/mol. The van der Waals surface area contributed by atoms with Gasteiger partial charge in [0.15, 0.2) is 0 Å². The third-order valence-corrected chi connectivity index (χ3v) is 1.22. The van der Waals surface area contributed by atoms with Crippen molar-refractivity contribution in [1.82, 2.24) is 0 Å². The van der Waals surface area contributed by atoms with Crippen LogP contribution >= 0.6 is 0 Å². The molecule has 0 aliphatic carbocycles. The number of ether oxygens (including phenoxy) is 2. The Balaban J connectivity index is 0.000000236. The number of hydrogen-bond donors (Lipinski definition) is 1. The van der Waals surface area contributed by atoms with Gasteiger partial charge in [-0.25, -0.2) is 0 Å². The highest BCUT2D eigenvalue weighted by atomic mass is 16.5. The lowest BCUT2D eigenvalue weighted by molar-refractivity contribution is -0.106. The van der Waals surface area contributed by atoms with Crippen LogP contribution in [0.25, 0.3) is 0 Å². The van der Waals surface area contributed by atoms with Crippen LogP contribution in [0.4, 0.5) is 0 Å². The minimum atomic E-state index is 0.250. The number of rotatable bonds is 1. The van der Waals surface area contributed by atoms with Crippen LogP contribution in [0.2, 0.25) is 0 Å². The molecule has 1 rings (SSSR count). The Bertz CT molecular complexity index is 81.1. The van der Waals surface area contributed by atoms with E-state index in [0.717, 1.165) is 19.6 Å². The average molecular weight is 147 g/mol. The van der Waals surface area contributed by atoms with E-state index >= 15 is 0 Å². The first-order valence-corrected chi connectivity index (χ1v) is 3.11. The van der Waals surface area contributed by atoms with Crippen LogP contribution in [0.15, 0.2) is 0 Å². The van der Waals surface area contributed by atoms with Gasteiger partial charge in [-0.1, -0.05) is 0 Å². The fourth-order valence-corrected chi connectivity index (χ4v) is 0.699. The molecule has 4 nitrogen and oxygen atoms in total. The van der Waals surface area contributed by atoms with Crippen LogP contribution in [0.5, 0.6) is 0 Å². The zero-order chi connectivity index (χ0) is 7.82. The minimum absolute atomic E-state index is 0.250. The number of hydrogen-bond acceptors (Lipinski definition) is 3. The summed E-state index contributed by atoms with van der Waals surface area (Å²) in [5.74, 6) is 0. The van der Waals surface area contributed by atoms with Gasteiger partial charge in [-0.2, -0.15) is 0 Å². The molecule has 1 saturated heterocycles. The molecule has 60 valence electrons. The molecule has 1 atom stereocenters. The van der Waals surface area contributed by atoms with Gasteiger partial charge in [-0.05, 0) is 6.42 Å². The van der Waals surface area contributed by atoms with Gasteiger partial charge in [0.05, 0.1) is 12.7 Å². The summed E-state index contributed by atoms with van der Waals surface area (Å²) in [4.78, 5) is 8.58. The summed E-state index contributed by atoms with van der Waals surface area (Å²) in [5, 5.41) is 0. The zero-order valence-electron chi connectivity index (χ0n) is 6.08. The second-order valence-corrected chi connectivity index (χ2v) is 1.86. The lowest BCUT2D eigenvalue weighted by Crippen LogP contribution is -2.07. The van der Waals surface area contributed by atoms with E-state index in [1.165, 1.54) is 0 Å². The first kappa shape index (κ1) is 9.39. The lowest BCUT2D eigenvalue weighted by atomic mass is 10.3. The van der Waals surface area contributed by atoms with Crippen LogP contribution in [0.1, 0.15) is 6.42 Å². The summed E-state index contributed by atoms with van der Waals surface area (Å²) in [6.45, 7) is 1.66. The Morgan fingerprint density at radius 1 is 1.80 bits per heavy atom. The van der Waals surface area contributed by atoms with E-state index in [1.807, 2.05) is 0 Å². The molecule has 0 radical (unpaired) electrons. The summed E-state index contributed by atoms with van der Waals surface area (Å²) < 4.78 is 10.0. The number of nitrogens with two attached hydrogens (primary N) is 1. The molecule has 0 bridgehead atoms. The zero-order valence-corrected chi connectivity index (χ0v) is 6.08. The maximum Gasteiger partial charge on any atom is 0.204 e. The van der Waals surface area contributed by atoms with Gasteiger partial charge in [-0.15, -0.1) is 0 Å². The van der Waals surface area contributed by atoms with Gasteiger partial charge in [0.1, 0.15) is 0 Å². The number of primary amides is 1. The molecule has 0 saturated carbocycles. The fourth-order valence-electron chi connectivity index (χ4n) is 0.699. The minimum Gasteiger partial charge on any atom is -0.379 e. The van der Waals surface area contributed by atoms with Gasteiger partial charge in [0.2, 0.25) is 6.41 Å². The monoisotopic (exact) mass is 147 g/mol. The van der Waals surface area contributed by atoms with E-state index in [4.69, 9.17) is 14.3 Å². The molecule has 1 aliphatic heterocycles. The van der Waals surface area contributed by atoms with Crippen LogP contribution in [-0.2, 0) is 14.3 Å². The summed E-state index contributed by atoms with van der Waals surface area (Å²) in [6.07, 6.45) is 1.69. The average Bonchev–Trinajstić information content (AvgIpc) is 2.39. The third kappa shape index (κ3) is 4.29. The number of methoxy groups -OCH3 is 1. The van der Waals surface area contributed by atoms with E-state index in [2.05, 4.69) is 5.73 Å².